The van der Waals surface area contributed by atoms with E-state index in [4.69, 9.17) is 4.74 Å². The Labute approximate surface area is 111 Å². The Bertz CT molecular complexity index is 422. The third-order valence-corrected chi connectivity index (χ3v) is 4.12. The number of rotatable bonds is 3. The van der Waals surface area contributed by atoms with Crippen LogP contribution in [-0.2, 0) is 6.54 Å². The van der Waals surface area contributed by atoms with Crippen LogP contribution in [0.1, 0.15) is 5.56 Å². The van der Waals surface area contributed by atoms with Crippen LogP contribution in [0.3, 0.4) is 0 Å². The molecule has 16 heavy (non-hydrogen) atoms. The van der Waals surface area contributed by atoms with Crippen molar-refractivity contribution in [1.82, 2.24) is 16.0 Å². The maximum Gasteiger partial charge on any atom is 0.129 e. The second-order valence-corrected chi connectivity index (χ2v) is 4.82. The number of hydrazine groups is 2. The van der Waals surface area contributed by atoms with Crippen molar-refractivity contribution < 1.29 is 4.74 Å². The molecule has 2 N–H and O–H groups in total. The summed E-state index contributed by atoms with van der Waals surface area (Å²) in [6.45, 7) is 0.736. The molecule has 1 heterocycles. The number of nitrogens with zero attached hydrogens (tertiary/aromatic N) is 1. The number of hydrogen-bond acceptors (Lipinski definition) is 4. The Hall–Kier alpha value is -0.720. The summed E-state index contributed by atoms with van der Waals surface area (Å²) in [4.78, 5) is 0. The number of benzene rings is 1. The number of nitrogens with one attached hydrogen (secondary N) is 2. The normalized spacial score (nSPS) is 15.3. The fourth-order valence-corrected chi connectivity index (χ4v) is 2.01. The lowest BCUT2D eigenvalue weighted by Gasteiger charge is -2.17. The minimum absolute atomic E-state index is 0.736. The molecule has 1 aromatic rings. The van der Waals surface area contributed by atoms with E-state index in [1.165, 1.54) is 0 Å². The SMILES string of the molecule is COc1cccc(CN2NNC(Br)=C2Br)c1. The lowest BCUT2D eigenvalue weighted by atomic mass is 10.2. The quantitative estimate of drug-likeness (QED) is 0.822. The van der Waals surface area contributed by atoms with Gasteiger partial charge in [0.05, 0.1) is 13.7 Å². The summed E-state index contributed by atoms with van der Waals surface area (Å²) in [5.41, 5.74) is 7.14. The van der Waals surface area contributed by atoms with Gasteiger partial charge >= 0.3 is 0 Å². The third-order valence-electron chi connectivity index (χ3n) is 2.19. The van der Waals surface area contributed by atoms with E-state index in [9.17, 15) is 0 Å². The third kappa shape index (κ3) is 2.50. The summed E-state index contributed by atoms with van der Waals surface area (Å²) in [5.74, 6) is 0.865. The molecule has 0 bridgehead atoms. The molecule has 0 fully saturated rings. The van der Waals surface area contributed by atoms with Gasteiger partial charge in [-0.25, -0.2) is 0 Å². The fourth-order valence-electron chi connectivity index (χ4n) is 1.40. The molecule has 0 saturated heterocycles. The predicted molar refractivity (Wildman–Crippen MR) is 69.7 cm³/mol. The maximum atomic E-state index is 5.18. The lowest BCUT2D eigenvalue weighted by molar-refractivity contribution is 0.258. The first kappa shape index (κ1) is 11.8. The first-order chi connectivity index (χ1) is 7.70. The summed E-state index contributed by atoms with van der Waals surface area (Å²) in [6.07, 6.45) is 0. The molecule has 4 nitrogen and oxygen atoms in total. The molecule has 0 amide bonds. The monoisotopic (exact) mass is 347 g/mol. The van der Waals surface area contributed by atoms with Crippen LogP contribution in [0.5, 0.6) is 5.75 Å². The Morgan fingerprint density at radius 3 is 2.81 bits per heavy atom. The van der Waals surface area contributed by atoms with Gasteiger partial charge in [0.2, 0.25) is 0 Å². The highest BCUT2D eigenvalue weighted by atomic mass is 79.9. The molecule has 1 aliphatic rings. The smallest absolute Gasteiger partial charge is 0.129 e. The molecule has 0 saturated carbocycles. The topological polar surface area (TPSA) is 36.5 Å². The second-order valence-electron chi connectivity index (χ2n) is 3.28. The predicted octanol–water partition coefficient (Wildman–Crippen LogP) is 2.44. The summed E-state index contributed by atoms with van der Waals surface area (Å²) in [6, 6.07) is 7.97. The highest BCUT2D eigenvalue weighted by molar-refractivity contribution is 9.14. The van der Waals surface area contributed by atoms with E-state index in [2.05, 4.69) is 48.9 Å². The van der Waals surface area contributed by atoms with Crippen LogP contribution in [0, 0.1) is 0 Å². The summed E-state index contributed by atoms with van der Waals surface area (Å²) in [5, 5.41) is 1.94. The number of ether oxygens (including phenoxy) is 1. The number of methoxy groups -OCH3 is 1. The maximum absolute atomic E-state index is 5.18. The van der Waals surface area contributed by atoms with Crippen LogP contribution in [-0.4, -0.2) is 12.1 Å². The highest BCUT2D eigenvalue weighted by Gasteiger charge is 2.17. The van der Waals surface area contributed by atoms with E-state index in [0.29, 0.717) is 0 Å². The van der Waals surface area contributed by atoms with E-state index in [0.717, 1.165) is 27.1 Å². The Kier molecular flexibility index (Phi) is 3.73. The van der Waals surface area contributed by atoms with Gasteiger partial charge in [0, 0.05) is 0 Å². The van der Waals surface area contributed by atoms with Crippen LogP contribution >= 0.6 is 31.9 Å². The molecule has 0 radical (unpaired) electrons. The minimum Gasteiger partial charge on any atom is -0.497 e. The first-order valence-electron chi connectivity index (χ1n) is 4.68. The van der Waals surface area contributed by atoms with Crippen molar-refractivity contribution in [2.75, 3.05) is 7.11 Å². The van der Waals surface area contributed by atoms with Gasteiger partial charge in [-0.3, -0.25) is 10.4 Å². The van der Waals surface area contributed by atoms with E-state index >= 15 is 0 Å². The van der Waals surface area contributed by atoms with Crippen molar-refractivity contribution in [3.05, 3.63) is 39.0 Å². The molecule has 0 unspecified atom stereocenters. The van der Waals surface area contributed by atoms with Crippen LogP contribution in [0.4, 0.5) is 0 Å². The average molecular weight is 349 g/mol. The minimum atomic E-state index is 0.736. The zero-order valence-electron chi connectivity index (χ0n) is 8.63. The van der Waals surface area contributed by atoms with Crippen molar-refractivity contribution in [1.29, 1.82) is 0 Å². The fraction of sp³-hybridized carbons (Fsp3) is 0.200. The van der Waals surface area contributed by atoms with Gasteiger partial charge in [-0.1, -0.05) is 12.1 Å². The highest BCUT2D eigenvalue weighted by Crippen LogP contribution is 2.24. The van der Waals surface area contributed by atoms with Gasteiger partial charge in [0.25, 0.3) is 0 Å². The van der Waals surface area contributed by atoms with Crippen LogP contribution in [0.2, 0.25) is 0 Å². The summed E-state index contributed by atoms with van der Waals surface area (Å²) >= 11 is 6.84. The summed E-state index contributed by atoms with van der Waals surface area (Å²) < 4.78 is 7.00. The van der Waals surface area contributed by atoms with E-state index < -0.39 is 0 Å². The van der Waals surface area contributed by atoms with Gasteiger partial charge in [-0.05, 0) is 49.6 Å². The molecule has 2 rings (SSSR count). The largest absolute Gasteiger partial charge is 0.497 e. The van der Waals surface area contributed by atoms with Crippen LogP contribution < -0.4 is 15.7 Å². The number of halogens is 2. The molecule has 86 valence electrons. The Balaban J connectivity index is 2.10. The molecule has 0 aromatic heterocycles. The zero-order chi connectivity index (χ0) is 11.5. The van der Waals surface area contributed by atoms with Gasteiger partial charge in [-0.15, -0.1) is 5.53 Å². The van der Waals surface area contributed by atoms with Crippen molar-refractivity contribution in [2.45, 2.75) is 6.54 Å². The van der Waals surface area contributed by atoms with Crippen LogP contribution in [0.25, 0.3) is 0 Å². The van der Waals surface area contributed by atoms with Crippen molar-refractivity contribution >= 4 is 31.9 Å². The van der Waals surface area contributed by atoms with Gasteiger partial charge < -0.3 is 4.74 Å². The lowest BCUT2D eigenvalue weighted by Crippen LogP contribution is -2.36. The van der Waals surface area contributed by atoms with Crippen LogP contribution in [0.15, 0.2) is 33.5 Å². The van der Waals surface area contributed by atoms with Crippen molar-refractivity contribution in [3.63, 3.8) is 0 Å². The summed E-state index contributed by atoms with van der Waals surface area (Å²) in [7, 11) is 1.67. The average Bonchev–Trinajstić information content (AvgIpc) is 2.61. The van der Waals surface area contributed by atoms with E-state index in [-0.39, 0.29) is 0 Å². The molecule has 0 aliphatic carbocycles. The first-order valence-corrected chi connectivity index (χ1v) is 6.26. The van der Waals surface area contributed by atoms with Gasteiger partial charge in [-0.2, -0.15) is 0 Å². The molecule has 1 aromatic carbocycles. The van der Waals surface area contributed by atoms with E-state index in [1.807, 2.05) is 23.2 Å². The van der Waals surface area contributed by atoms with Crippen molar-refractivity contribution in [2.24, 2.45) is 0 Å². The molecule has 0 atom stereocenters. The Morgan fingerprint density at radius 1 is 1.38 bits per heavy atom. The molecular formula is C10H11Br2N3O. The standard InChI is InChI=1S/C10H11Br2N3O/c1-16-8-4-2-3-7(5-8)6-15-10(12)9(11)13-14-15/h2-5,13-14H,6H2,1H3. The zero-order valence-corrected chi connectivity index (χ0v) is 11.8. The molecule has 1 aliphatic heterocycles. The van der Waals surface area contributed by atoms with Gasteiger partial charge in [0.1, 0.15) is 15.0 Å². The number of hydrogen-bond donors (Lipinski definition) is 2. The van der Waals surface area contributed by atoms with Gasteiger partial charge in [0.15, 0.2) is 0 Å². The Morgan fingerprint density at radius 2 is 2.19 bits per heavy atom. The molecule has 6 heteroatoms. The molecular weight excluding hydrogens is 338 g/mol. The van der Waals surface area contributed by atoms with Crippen molar-refractivity contribution in [3.8, 4) is 5.75 Å². The second kappa shape index (κ2) is 5.07. The molecule has 0 spiro atoms. The van der Waals surface area contributed by atoms with E-state index in [1.54, 1.807) is 7.11 Å².